The second kappa shape index (κ2) is 9.09. The van der Waals surface area contributed by atoms with E-state index >= 15 is 0 Å². The molecule has 0 atom stereocenters. The maximum Gasteiger partial charge on any atom is 0.248 e. The Labute approximate surface area is 158 Å². The summed E-state index contributed by atoms with van der Waals surface area (Å²) in [4.78, 5) is 14.7. The van der Waals surface area contributed by atoms with Crippen molar-refractivity contribution in [3.8, 4) is 0 Å². The van der Waals surface area contributed by atoms with Gasteiger partial charge in [-0.05, 0) is 35.4 Å². The fourth-order valence-electron chi connectivity index (χ4n) is 2.70. The summed E-state index contributed by atoms with van der Waals surface area (Å²) in [5.41, 5.74) is 2.98. The highest BCUT2D eigenvalue weighted by Gasteiger charge is 2.13. The molecule has 1 fully saturated rings. The summed E-state index contributed by atoms with van der Waals surface area (Å²) < 4.78 is 0. The largest absolute Gasteiger partial charge is 0.322 e. The molecular formula is C20H21ClN2OS. The second-order valence-corrected chi connectivity index (χ2v) is 7.58. The van der Waals surface area contributed by atoms with Gasteiger partial charge in [-0.25, -0.2) is 0 Å². The first kappa shape index (κ1) is 18.1. The van der Waals surface area contributed by atoms with Gasteiger partial charge in [-0.1, -0.05) is 41.9 Å². The van der Waals surface area contributed by atoms with E-state index in [1.165, 1.54) is 11.5 Å². The normalized spacial score (nSPS) is 15.4. The highest BCUT2D eigenvalue weighted by atomic mass is 35.5. The SMILES string of the molecule is O=C(/C=C/c1ccc(Cl)cc1)Nc1ccccc1CN1CCSCC1. The molecule has 3 nitrogen and oxygen atoms in total. The Morgan fingerprint density at radius 3 is 2.60 bits per heavy atom. The number of nitrogens with one attached hydrogen (secondary N) is 1. The van der Waals surface area contributed by atoms with E-state index in [4.69, 9.17) is 11.6 Å². The minimum atomic E-state index is -0.128. The first-order valence-corrected chi connectivity index (χ1v) is 9.86. The number of amides is 1. The summed E-state index contributed by atoms with van der Waals surface area (Å²) in [5, 5.41) is 3.68. The van der Waals surface area contributed by atoms with Crippen molar-refractivity contribution in [1.82, 2.24) is 4.90 Å². The molecule has 5 heteroatoms. The van der Waals surface area contributed by atoms with Gasteiger partial charge in [0.05, 0.1) is 0 Å². The van der Waals surface area contributed by atoms with Crippen LogP contribution in [0.3, 0.4) is 0 Å². The minimum Gasteiger partial charge on any atom is -0.322 e. The summed E-state index contributed by atoms with van der Waals surface area (Å²) in [7, 11) is 0. The van der Waals surface area contributed by atoms with E-state index < -0.39 is 0 Å². The van der Waals surface area contributed by atoms with Crippen LogP contribution in [-0.2, 0) is 11.3 Å². The number of rotatable bonds is 5. The molecule has 25 heavy (non-hydrogen) atoms. The van der Waals surface area contributed by atoms with Crippen molar-refractivity contribution in [2.45, 2.75) is 6.54 Å². The van der Waals surface area contributed by atoms with Crippen molar-refractivity contribution in [2.75, 3.05) is 29.9 Å². The number of hydrogen-bond donors (Lipinski definition) is 1. The minimum absolute atomic E-state index is 0.128. The molecular weight excluding hydrogens is 352 g/mol. The maximum atomic E-state index is 12.3. The molecule has 1 amide bonds. The van der Waals surface area contributed by atoms with Crippen LogP contribution >= 0.6 is 23.4 Å². The van der Waals surface area contributed by atoms with Gasteiger partial charge in [0.15, 0.2) is 0 Å². The molecule has 130 valence electrons. The molecule has 1 aliphatic rings. The summed E-state index contributed by atoms with van der Waals surface area (Å²) in [6.45, 7) is 3.07. The molecule has 0 aliphatic carbocycles. The van der Waals surface area contributed by atoms with Gasteiger partial charge in [0.25, 0.3) is 0 Å². The van der Waals surface area contributed by atoms with E-state index in [1.54, 1.807) is 12.2 Å². The molecule has 2 aromatic rings. The van der Waals surface area contributed by atoms with Crippen molar-refractivity contribution in [2.24, 2.45) is 0 Å². The van der Waals surface area contributed by atoms with Crippen molar-refractivity contribution in [3.63, 3.8) is 0 Å². The molecule has 0 aromatic heterocycles. The van der Waals surface area contributed by atoms with Gasteiger partial charge >= 0.3 is 0 Å². The number of nitrogens with zero attached hydrogens (tertiary/aromatic N) is 1. The van der Waals surface area contributed by atoms with Gasteiger partial charge in [-0.3, -0.25) is 9.69 Å². The lowest BCUT2D eigenvalue weighted by atomic mass is 10.1. The number of carbonyl (C=O) groups excluding carboxylic acids is 1. The average Bonchev–Trinajstić information content (AvgIpc) is 2.64. The predicted molar refractivity (Wildman–Crippen MR) is 108 cm³/mol. The smallest absolute Gasteiger partial charge is 0.248 e. The number of hydrogen-bond acceptors (Lipinski definition) is 3. The summed E-state index contributed by atoms with van der Waals surface area (Å²) in [6.07, 6.45) is 3.34. The molecule has 1 aliphatic heterocycles. The van der Waals surface area contributed by atoms with E-state index in [2.05, 4.69) is 16.3 Å². The van der Waals surface area contributed by atoms with Gasteiger partial charge < -0.3 is 5.32 Å². The average molecular weight is 373 g/mol. The zero-order valence-electron chi connectivity index (χ0n) is 14.0. The number of anilines is 1. The van der Waals surface area contributed by atoms with Gasteiger partial charge in [0, 0.05) is 47.9 Å². The van der Waals surface area contributed by atoms with Gasteiger partial charge in [-0.15, -0.1) is 0 Å². The van der Waals surface area contributed by atoms with Gasteiger partial charge in [0.1, 0.15) is 0 Å². The van der Waals surface area contributed by atoms with E-state index in [1.807, 2.05) is 54.2 Å². The molecule has 1 heterocycles. The number of halogens is 1. The zero-order chi connectivity index (χ0) is 17.5. The highest BCUT2D eigenvalue weighted by Crippen LogP contribution is 2.20. The fraction of sp³-hybridized carbons (Fsp3) is 0.250. The number of carbonyl (C=O) groups is 1. The standard InChI is InChI=1S/C20H21ClN2OS/c21-18-8-5-16(6-9-18)7-10-20(24)22-19-4-2-1-3-17(19)15-23-11-13-25-14-12-23/h1-10H,11-15H2,(H,22,24)/b10-7+. The lowest BCUT2D eigenvalue weighted by molar-refractivity contribution is -0.111. The summed E-state index contributed by atoms with van der Waals surface area (Å²) in [6, 6.07) is 15.4. The molecule has 1 N–H and O–H groups in total. The van der Waals surface area contributed by atoms with Crippen LogP contribution in [-0.4, -0.2) is 35.4 Å². The highest BCUT2D eigenvalue weighted by molar-refractivity contribution is 7.99. The molecule has 3 rings (SSSR count). The number of para-hydroxylation sites is 1. The lowest BCUT2D eigenvalue weighted by Crippen LogP contribution is -2.32. The monoisotopic (exact) mass is 372 g/mol. The topological polar surface area (TPSA) is 32.3 Å². The molecule has 1 saturated heterocycles. The Morgan fingerprint density at radius 1 is 1.12 bits per heavy atom. The van der Waals surface area contributed by atoms with Crippen LogP contribution in [0.2, 0.25) is 5.02 Å². The van der Waals surface area contributed by atoms with Gasteiger partial charge in [-0.2, -0.15) is 11.8 Å². The third-order valence-corrected chi connectivity index (χ3v) is 5.26. The molecule has 0 radical (unpaired) electrons. The van der Waals surface area contributed by atoms with E-state index in [9.17, 15) is 4.79 Å². The third kappa shape index (κ3) is 5.63. The number of thioether (sulfide) groups is 1. The molecule has 0 spiro atoms. The quantitative estimate of drug-likeness (QED) is 0.782. The van der Waals surface area contributed by atoms with E-state index in [0.29, 0.717) is 5.02 Å². The number of benzene rings is 2. The van der Waals surface area contributed by atoms with Crippen molar-refractivity contribution >= 4 is 41.0 Å². The van der Waals surface area contributed by atoms with Crippen LogP contribution in [0.5, 0.6) is 0 Å². The molecule has 0 bridgehead atoms. The van der Waals surface area contributed by atoms with Crippen LogP contribution in [0.25, 0.3) is 6.08 Å². The molecule has 2 aromatic carbocycles. The first-order chi connectivity index (χ1) is 12.2. The molecule has 0 unspecified atom stereocenters. The van der Waals surface area contributed by atoms with E-state index in [-0.39, 0.29) is 5.91 Å². The third-order valence-electron chi connectivity index (χ3n) is 4.07. The van der Waals surface area contributed by atoms with Crippen LogP contribution in [0, 0.1) is 0 Å². The first-order valence-electron chi connectivity index (χ1n) is 8.33. The Balaban J connectivity index is 1.63. The Morgan fingerprint density at radius 2 is 1.84 bits per heavy atom. The Hall–Kier alpha value is -1.75. The maximum absolute atomic E-state index is 12.3. The van der Waals surface area contributed by atoms with Crippen molar-refractivity contribution in [1.29, 1.82) is 0 Å². The Bertz CT molecular complexity index is 740. The van der Waals surface area contributed by atoms with Crippen molar-refractivity contribution in [3.05, 3.63) is 70.8 Å². The van der Waals surface area contributed by atoms with Gasteiger partial charge in [0.2, 0.25) is 5.91 Å². The molecule has 0 saturated carbocycles. The predicted octanol–water partition coefficient (Wildman–Crippen LogP) is 4.54. The van der Waals surface area contributed by atoms with Crippen molar-refractivity contribution < 1.29 is 4.79 Å². The van der Waals surface area contributed by atoms with Crippen LogP contribution in [0.15, 0.2) is 54.6 Å². The summed E-state index contributed by atoms with van der Waals surface area (Å²) in [5.74, 6) is 2.23. The zero-order valence-corrected chi connectivity index (χ0v) is 15.5. The van der Waals surface area contributed by atoms with Crippen LogP contribution < -0.4 is 5.32 Å². The summed E-state index contributed by atoms with van der Waals surface area (Å²) >= 11 is 7.87. The van der Waals surface area contributed by atoms with E-state index in [0.717, 1.165) is 36.4 Å². The Kier molecular flexibility index (Phi) is 6.56. The van der Waals surface area contributed by atoms with Crippen LogP contribution in [0.4, 0.5) is 5.69 Å². The fourth-order valence-corrected chi connectivity index (χ4v) is 3.81. The lowest BCUT2D eigenvalue weighted by Gasteiger charge is -2.27. The van der Waals surface area contributed by atoms with Crippen LogP contribution in [0.1, 0.15) is 11.1 Å². The second-order valence-electron chi connectivity index (χ2n) is 5.92.